The number of esters is 1. The van der Waals surface area contributed by atoms with E-state index in [0.717, 1.165) is 17.8 Å². The predicted molar refractivity (Wildman–Crippen MR) is 148 cm³/mol. The Kier molecular flexibility index (Phi) is 7.51. The van der Waals surface area contributed by atoms with E-state index in [9.17, 15) is 14.4 Å². The molecule has 5 rings (SSSR count). The maximum absolute atomic E-state index is 13.9. The molecule has 0 N–H and O–H groups in total. The van der Waals surface area contributed by atoms with Gasteiger partial charge in [-0.3, -0.25) is 18.8 Å². The summed E-state index contributed by atoms with van der Waals surface area (Å²) in [7, 11) is 1.60. The number of methoxy groups -OCH3 is 1. The van der Waals surface area contributed by atoms with Crippen molar-refractivity contribution >= 4 is 28.2 Å². The zero-order valence-corrected chi connectivity index (χ0v) is 23.3. The first-order chi connectivity index (χ1) is 18.8. The van der Waals surface area contributed by atoms with E-state index in [4.69, 9.17) is 14.6 Å². The number of likely N-dealkylation sites (tertiary alicyclic amines) is 1. The van der Waals surface area contributed by atoms with E-state index in [2.05, 4.69) is 4.98 Å². The summed E-state index contributed by atoms with van der Waals surface area (Å²) in [4.78, 5) is 46.2. The number of rotatable bonds is 7. The van der Waals surface area contributed by atoms with Crippen LogP contribution in [0.4, 0.5) is 0 Å². The number of hydrogen-bond acceptors (Lipinski definition) is 8. The molecule has 1 amide bonds. The molecule has 0 aliphatic carbocycles. The molecule has 1 aliphatic rings. The number of hydrogen-bond donors (Lipinski definition) is 0. The summed E-state index contributed by atoms with van der Waals surface area (Å²) < 4.78 is 13.9. The smallest absolute Gasteiger partial charge is 0.310 e. The number of piperidine rings is 1. The van der Waals surface area contributed by atoms with E-state index in [1.54, 1.807) is 35.9 Å². The summed E-state index contributed by atoms with van der Waals surface area (Å²) in [5.41, 5.74) is 3.35. The molecule has 1 fully saturated rings. The van der Waals surface area contributed by atoms with Crippen LogP contribution in [0.5, 0.6) is 5.75 Å². The zero-order chi connectivity index (χ0) is 27.7. The average Bonchev–Trinajstić information content (AvgIpc) is 3.51. The predicted octanol–water partition coefficient (Wildman–Crippen LogP) is 3.58. The summed E-state index contributed by atoms with van der Waals surface area (Å²) in [6, 6.07) is 9.40. The van der Waals surface area contributed by atoms with Crippen LogP contribution in [0, 0.1) is 19.8 Å². The minimum absolute atomic E-state index is 0.0360. The Morgan fingerprint density at radius 3 is 2.77 bits per heavy atom. The van der Waals surface area contributed by atoms with E-state index >= 15 is 0 Å². The fourth-order valence-electron chi connectivity index (χ4n) is 5.09. The van der Waals surface area contributed by atoms with Gasteiger partial charge in [0.05, 0.1) is 37.3 Å². The van der Waals surface area contributed by atoms with Crippen molar-refractivity contribution in [2.75, 3.05) is 26.8 Å². The Morgan fingerprint density at radius 2 is 2.00 bits per heavy atom. The first-order valence-electron chi connectivity index (χ1n) is 13.0. The second kappa shape index (κ2) is 11.0. The SMILES string of the molecule is CCOC(=O)[C@@H]1CCCN(C(=O)Cc2csc3nc(C)c(-c4cc(C)n(-c5ccccc5OC)n4)c(=O)n23)C1. The fraction of sp³-hybridized carbons (Fsp3) is 0.393. The Bertz CT molecular complexity index is 1600. The summed E-state index contributed by atoms with van der Waals surface area (Å²) >= 11 is 1.32. The molecule has 0 saturated carbocycles. The van der Waals surface area contributed by atoms with Gasteiger partial charge < -0.3 is 14.4 Å². The van der Waals surface area contributed by atoms with E-state index in [1.807, 2.05) is 37.3 Å². The van der Waals surface area contributed by atoms with Gasteiger partial charge in [0.1, 0.15) is 17.1 Å². The van der Waals surface area contributed by atoms with Gasteiger partial charge in [-0.05, 0) is 51.8 Å². The van der Waals surface area contributed by atoms with Crippen LogP contribution >= 0.6 is 11.3 Å². The Morgan fingerprint density at radius 1 is 1.21 bits per heavy atom. The Balaban J connectivity index is 1.47. The lowest BCUT2D eigenvalue weighted by Gasteiger charge is -2.31. The van der Waals surface area contributed by atoms with E-state index in [1.165, 1.54) is 15.7 Å². The molecule has 1 atom stereocenters. The summed E-state index contributed by atoms with van der Waals surface area (Å²) in [6.45, 7) is 6.71. The van der Waals surface area contributed by atoms with Crippen molar-refractivity contribution in [2.24, 2.45) is 5.92 Å². The lowest BCUT2D eigenvalue weighted by Crippen LogP contribution is -2.43. The monoisotopic (exact) mass is 549 g/mol. The molecule has 39 heavy (non-hydrogen) atoms. The number of aromatic nitrogens is 4. The number of para-hydroxylation sites is 2. The highest BCUT2D eigenvalue weighted by Crippen LogP contribution is 2.27. The van der Waals surface area contributed by atoms with Gasteiger partial charge in [0.25, 0.3) is 5.56 Å². The molecule has 1 aliphatic heterocycles. The standard InChI is InChI=1S/C28H31N5O5S/c1-5-38-27(36)19-9-8-12-31(15-19)24(34)14-20-16-39-28-29-18(3)25(26(35)32(20)28)21-13-17(2)33(30-21)22-10-6-7-11-23(22)37-4/h6-7,10-11,13,16,19H,5,8-9,12,14-15H2,1-4H3/t19-/m1/s1. The number of ether oxygens (including phenoxy) is 2. The fourth-order valence-corrected chi connectivity index (χ4v) is 6.02. The minimum atomic E-state index is -0.318. The van der Waals surface area contributed by atoms with Crippen LogP contribution in [0.1, 0.15) is 36.8 Å². The van der Waals surface area contributed by atoms with Crippen molar-refractivity contribution in [2.45, 2.75) is 40.0 Å². The molecule has 3 aromatic heterocycles. The number of nitrogens with zero attached hydrogens (tertiary/aromatic N) is 5. The van der Waals surface area contributed by atoms with Gasteiger partial charge in [0.2, 0.25) is 5.91 Å². The number of thiazole rings is 1. The maximum atomic E-state index is 13.9. The molecule has 0 bridgehead atoms. The van der Waals surface area contributed by atoms with Crippen molar-refractivity contribution in [1.29, 1.82) is 0 Å². The van der Waals surface area contributed by atoms with Crippen LogP contribution < -0.4 is 10.3 Å². The third kappa shape index (κ3) is 5.06. The van der Waals surface area contributed by atoms with Crippen LogP contribution in [0.3, 0.4) is 0 Å². The van der Waals surface area contributed by atoms with Gasteiger partial charge in [-0.2, -0.15) is 5.10 Å². The topological polar surface area (TPSA) is 108 Å². The molecule has 204 valence electrons. The van der Waals surface area contributed by atoms with Crippen molar-refractivity contribution in [3.05, 3.63) is 63.1 Å². The van der Waals surface area contributed by atoms with Gasteiger partial charge in [-0.15, -0.1) is 11.3 Å². The third-order valence-corrected chi connectivity index (χ3v) is 7.88. The second-order valence-corrected chi connectivity index (χ2v) is 10.4. The number of carbonyl (C=O) groups is 2. The summed E-state index contributed by atoms with van der Waals surface area (Å²) in [6.07, 6.45) is 1.48. The van der Waals surface area contributed by atoms with Gasteiger partial charge in [-0.1, -0.05) is 12.1 Å². The van der Waals surface area contributed by atoms with Crippen LogP contribution in [-0.2, 0) is 20.7 Å². The molecule has 4 aromatic rings. The van der Waals surface area contributed by atoms with Crippen LogP contribution in [0.2, 0.25) is 0 Å². The average molecular weight is 550 g/mol. The first-order valence-corrected chi connectivity index (χ1v) is 13.8. The molecule has 0 spiro atoms. The number of benzene rings is 1. The zero-order valence-electron chi connectivity index (χ0n) is 22.5. The van der Waals surface area contributed by atoms with E-state index < -0.39 is 0 Å². The van der Waals surface area contributed by atoms with Gasteiger partial charge >= 0.3 is 5.97 Å². The molecular formula is C28H31N5O5S. The van der Waals surface area contributed by atoms with Crippen molar-refractivity contribution in [3.8, 4) is 22.7 Å². The van der Waals surface area contributed by atoms with Gasteiger partial charge in [0.15, 0.2) is 4.96 Å². The molecule has 1 saturated heterocycles. The summed E-state index contributed by atoms with van der Waals surface area (Å²) in [5.74, 6) is -0.0469. The lowest BCUT2D eigenvalue weighted by atomic mass is 9.98. The third-order valence-electron chi connectivity index (χ3n) is 7.00. The van der Waals surface area contributed by atoms with Gasteiger partial charge in [-0.25, -0.2) is 9.67 Å². The Labute approximate surface area is 229 Å². The van der Waals surface area contributed by atoms with Crippen LogP contribution in [0.25, 0.3) is 21.9 Å². The van der Waals surface area contributed by atoms with E-state index in [-0.39, 0.29) is 29.8 Å². The molecule has 4 heterocycles. The van der Waals surface area contributed by atoms with E-state index in [0.29, 0.717) is 59.5 Å². The van der Waals surface area contributed by atoms with Crippen molar-refractivity contribution in [1.82, 2.24) is 24.1 Å². The highest BCUT2D eigenvalue weighted by atomic mass is 32.1. The van der Waals surface area contributed by atoms with Crippen LogP contribution in [0.15, 0.2) is 40.5 Å². The second-order valence-electron chi connectivity index (χ2n) is 9.58. The molecule has 10 nitrogen and oxygen atoms in total. The van der Waals surface area contributed by atoms with Gasteiger partial charge in [0, 0.05) is 29.9 Å². The molecular weight excluding hydrogens is 518 g/mol. The molecule has 1 aromatic carbocycles. The largest absolute Gasteiger partial charge is 0.494 e. The number of amides is 1. The van der Waals surface area contributed by atoms with Crippen LogP contribution in [-0.4, -0.2) is 62.7 Å². The number of carbonyl (C=O) groups excluding carboxylic acids is 2. The number of fused-ring (bicyclic) bond motifs is 1. The quantitative estimate of drug-likeness (QED) is 0.324. The highest BCUT2D eigenvalue weighted by Gasteiger charge is 2.30. The maximum Gasteiger partial charge on any atom is 0.310 e. The molecule has 11 heteroatoms. The Hall–Kier alpha value is -3.99. The van der Waals surface area contributed by atoms with Crippen molar-refractivity contribution < 1.29 is 19.1 Å². The molecule has 0 radical (unpaired) electrons. The minimum Gasteiger partial charge on any atom is -0.494 e. The highest BCUT2D eigenvalue weighted by molar-refractivity contribution is 7.15. The number of aryl methyl sites for hydroxylation is 2. The first kappa shape index (κ1) is 26.6. The molecule has 0 unspecified atom stereocenters. The normalized spacial score (nSPS) is 15.5. The summed E-state index contributed by atoms with van der Waals surface area (Å²) in [5, 5.41) is 6.55. The lowest BCUT2D eigenvalue weighted by molar-refractivity contribution is -0.151. The van der Waals surface area contributed by atoms with Crippen molar-refractivity contribution in [3.63, 3.8) is 0 Å².